The van der Waals surface area contributed by atoms with Gasteiger partial charge in [0.25, 0.3) is 0 Å². The van der Waals surface area contributed by atoms with E-state index >= 15 is 0 Å². The van der Waals surface area contributed by atoms with Crippen LogP contribution in [0.4, 0.5) is 0 Å². The first-order valence-corrected chi connectivity index (χ1v) is 33.1. The second-order valence-electron chi connectivity index (χ2n) is 21.6. The van der Waals surface area contributed by atoms with Gasteiger partial charge in [0.15, 0.2) is 24.6 Å². The molecule has 0 saturated carbocycles. The Morgan fingerprint density at radius 2 is 0.747 bits per heavy atom. The summed E-state index contributed by atoms with van der Waals surface area (Å²) in [7, 11) is 0. The smallest absolute Gasteiger partial charge is 0.335 e. The third-order valence-electron chi connectivity index (χ3n) is 13.8. The minimum atomic E-state index is -1.93. The molecule has 0 aliphatic carbocycles. The second kappa shape index (κ2) is 60.4. The Hall–Kier alpha value is -5.92. The number of hydrogen-bond acceptors (Lipinski definition) is 11. The Kier molecular flexibility index (Phi) is 54.9. The molecule has 12 nitrogen and oxygen atoms in total. The summed E-state index contributed by atoms with van der Waals surface area (Å²) in [6, 6.07) is 0. The van der Waals surface area contributed by atoms with Crippen molar-refractivity contribution in [2.75, 3.05) is 13.2 Å². The van der Waals surface area contributed by atoms with Crippen LogP contribution in [-0.4, -0.2) is 89.2 Å². The summed E-state index contributed by atoms with van der Waals surface area (Å²) in [5, 5.41) is 31.6. The average molecular weight is 1210 g/mol. The molecule has 1 saturated heterocycles. The van der Waals surface area contributed by atoms with Gasteiger partial charge in [-0.3, -0.25) is 14.4 Å². The number of hydrogen-bond donors (Lipinski definition) is 3. The van der Waals surface area contributed by atoms with Crippen molar-refractivity contribution in [2.24, 2.45) is 0 Å². The largest absolute Gasteiger partial charge is 0.479 e. The molecule has 6 atom stereocenters. The van der Waals surface area contributed by atoms with Crippen molar-refractivity contribution in [3.05, 3.63) is 170 Å². The molecule has 1 aliphatic heterocycles. The molecule has 486 valence electrons. The van der Waals surface area contributed by atoms with Crippen molar-refractivity contribution in [3.8, 4) is 0 Å². The topological polar surface area (TPSA) is 175 Å². The van der Waals surface area contributed by atoms with Crippen LogP contribution in [-0.2, 0) is 42.9 Å². The number of rotatable bonds is 54. The zero-order valence-corrected chi connectivity index (χ0v) is 53.7. The number of aliphatic hydroxyl groups is 2. The van der Waals surface area contributed by atoms with Crippen molar-refractivity contribution in [1.29, 1.82) is 0 Å². The van der Waals surface area contributed by atoms with Crippen LogP contribution < -0.4 is 0 Å². The Morgan fingerprint density at radius 1 is 0.391 bits per heavy atom. The molecule has 0 radical (unpaired) electrons. The minimum absolute atomic E-state index is 0.0242. The molecule has 0 amide bonds. The lowest BCUT2D eigenvalue weighted by atomic mass is 9.98. The molecule has 0 bridgehead atoms. The number of carboxylic acid groups (broad SMARTS) is 1. The van der Waals surface area contributed by atoms with E-state index < -0.39 is 67.3 Å². The molecule has 12 heteroatoms. The van der Waals surface area contributed by atoms with E-state index in [1.54, 1.807) is 0 Å². The highest BCUT2D eigenvalue weighted by atomic mass is 16.7. The average Bonchev–Trinajstić information content (AvgIpc) is 2.56. The van der Waals surface area contributed by atoms with Gasteiger partial charge in [-0.25, -0.2) is 4.79 Å². The Balaban J connectivity index is 2.75. The second-order valence-corrected chi connectivity index (χ2v) is 21.6. The number of carboxylic acids is 1. The standard InChI is InChI=1S/C75H114O12/c1-4-7-10-13-16-19-22-25-28-31-34-37-40-43-46-49-52-55-58-61-67(76)83-64-66(85-68(77)62-59-56-53-50-47-44-41-38-35-32-29-26-23-20-17-14-11-8-5-2)65-84-75-73(71(80)70(79)72(87-75)74(81)82)86-69(78)63-60-57-54-51-48-45-42-39-36-33-30-27-24-21-18-15-12-9-6-3/h7-8,10-11,16-21,25-30,34-39,43-44,46-47,52,55,66,70-73,75,79-80H,4-6,9,12-15,22-24,31-33,40-42,45,48-51,53-54,56-65H2,1-3H3,(H,81,82)/b10-7-,11-8-,19-16-,20-17-,21-18-,28-25-,29-26-,30-27-,37-34-,38-35-,39-36-,46-43-,47-44-,55-52-. The molecule has 0 aromatic rings. The van der Waals surface area contributed by atoms with E-state index in [2.05, 4.69) is 179 Å². The lowest BCUT2D eigenvalue weighted by Crippen LogP contribution is -2.61. The summed E-state index contributed by atoms with van der Waals surface area (Å²) in [6.07, 6.45) is 77.4. The highest BCUT2D eigenvalue weighted by Crippen LogP contribution is 2.26. The Morgan fingerprint density at radius 3 is 1.16 bits per heavy atom. The molecule has 6 unspecified atom stereocenters. The number of esters is 3. The van der Waals surface area contributed by atoms with Crippen molar-refractivity contribution in [1.82, 2.24) is 0 Å². The normalized spacial score (nSPS) is 18.5. The first-order chi connectivity index (χ1) is 42.6. The molecule has 1 aliphatic rings. The third-order valence-corrected chi connectivity index (χ3v) is 13.8. The summed E-state index contributed by atoms with van der Waals surface area (Å²) in [5.41, 5.74) is 0. The van der Waals surface area contributed by atoms with E-state index in [0.717, 1.165) is 141 Å². The van der Waals surface area contributed by atoms with Crippen molar-refractivity contribution >= 4 is 23.9 Å². The zero-order valence-electron chi connectivity index (χ0n) is 53.7. The maximum Gasteiger partial charge on any atom is 0.335 e. The SMILES string of the molecule is CC/C=C\C/C=C\C/C=C\C/C=C\C/C=C\C/C=C\CCC(=O)OCC(COC1OC(C(=O)O)C(O)C(O)C1OC(=O)CCCCCCCC/C=C\C/C=C\C/C=C\CCCCC)OC(=O)CCCCC/C=C\C/C=C\C/C=C\C/C=C\C/C=C\CC. The van der Waals surface area contributed by atoms with Gasteiger partial charge in [-0.05, 0) is 141 Å². The molecule has 0 spiro atoms. The van der Waals surface area contributed by atoms with Gasteiger partial charge in [0.05, 0.1) is 6.61 Å². The van der Waals surface area contributed by atoms with Crippen molar-refractivity contribution in [2.45, 2.75) is 263 Å². The molecule has 1 fully saturated rings. The lowest BCUT2D eigenvalue weighted by Gasteiger charge is -2.40. The van der Waals surface area contributed by atoms with Crippen LogP contribution >= 0.6 is 0 Å². The van der Waals surface area contributed by atoms with Crippen LogP contribution in [0.5, 0.6) is 0 Å². The van der Waals surface area contributed by atoms with Crippen LogP contribution in [0, 0.1) is 0 Å². The van der Waals surface area contributed by atoms with Gasteiger partial charge in [0.1, 0.15) is 18.8 Å². The molecule has 3 N–H and O–H groups in total. The number of carbonyl (C=O) groups excluding carboxylic acids is 3. The maximum atomic E-state index is 13.2. The number of ether oxygens (including phenoxy) is 5. The summed E-state index contributed by atoms with van der Waals surface area (Å²) in [6.45, 7) is 5.64. The zero-order chi connectivity index (χ0) is 63.1. The molecule has 1 heterocycles. The van der Waals surface area contributed by atoms with Gasteiger partial charge >= 0.3 is 23.9 Å². The number of aliphatic hydroxyl groups excluding tert-OH is 2. The fourth-order valence-electron chi connectivity index (χ4n) is 8.78. The number of allylic oxidation sites excluding steroid dienone is 28. The molecule has 0 aromatic carbocycles. The van der Waals surface area contributed by atoms with Gasteiger partial charge in [-0.2, -0.15) is 0 Å². The number of carbonyl (C=O) groups is 4. The van der Waals surface area contributed by atoms with Crippen LogP contribution in [0.25, 0.3) is 0 Å². The predicted octanol–water partition coefficient (Wildman–Crippen LogP) is 18.2. The first kappa shape index (κ1) is 79.1. The third kappa shape index (κ3) is 49.7. The van der Waals surface area contributed by atoms with E-state index in [9.17, 15) is 34.5 Å². The summed E-state index contributed by atoms with van der Waals surface area (Å²) in [5.74, 6) is -3.32. The molecular weight excluding hydrogens is 1090 g/mol. The van der Waals surface area contributed by atoms with Crippen LogP contribution in [0.3, 0.4) is 0 Å². The fraction of sp³-hybridized carbons (Fsp3) is 0.573. The van der Waals surface area contributed by atoms with Crippen molar-refractivity contribution in [3.63, 3.8) is 0 Å². The van der Waals surface area contributed by atoms with Gasteiger partial charge < -0.3 is 39.0 Å². The maximum absolute atomic E-state index is 13.2. The predicted molar refractivity (Wildman–Crippen MR) is 358 cm³/mol. The van der Waals surface area contributed by atoms with Gasteiger partial charge in [-0.15, -0.1) is 0 Å². The quantitative estimate of drug-likeness (QED) is 0.0228. The van der Waals surface area contributed by atoms with E-state index in [0.29, 0.717) is 25.7 Å². The van der Waals surface area contributed by atoms with E-state index in [1.165, 1.54) is 19.3 Å². The van der Waals surface area contributed by atoms with E-state index in [1.807, 2.05) is 12.2 Å². The van der Waals surface area contributed by atoms with Gasteiger partial charge in [-0.1, -0.05) is 236 Å². The van der Waals surface area contributed by atoms with Gasteiger partial charge in [0.2, 0.25) is 0 Å². The number of aliphatic carboxylic acids is 1. The Bertz CT molecular complexity index is 2160. The van der Waals surface area contributed by atoms with E-state index in [-0.39, 0.29) is 25.9 Å². The summed E-state index contributed by atoms with van der Waals surface area (Å²) >= 11 is 0. The Labute approximate surface area is 526 Å². The highest BCUT2D eigenvalue weighted by Gasteiger charge is 2.50. The molecule has 1 rings (SSSR count). The minimum Gasteiger partial charge on any atom is -0.479 e. The summed E-state index contributed by atoms with van der Waals surface area (Å²) in [4.78, 5) is 51.4. The first-order valence-electron chi connectivity index (χ1n) is 33.1. The van der Waals surface area contributed by atoms with Crippen molar-refractivity contribution < 1.29 is 58.2 Å². The molecule has 87 heavy (non-hydrogen) atoms. The highest BCUT2D eigenvalue weighted by molar-refractivity contribution is 5.74. The lowest BCUT2D eigenvalue weighted by molar-refractivity contribution is -0.301. The number of unbranched alkanes of at least 4 members (excludes halogenated alkanes) is 12. The van der Waals surface area contributed by atoms with Crippen LogP contribution in [0.1, 0.15) is 226 Å². The monoisotopic (exact) mass is 1210 g/mol. The van der Waals surface area contributed by atoms with Gasteiger partial charge in [0, 0.05) is 19.3 Å². The molecule has 0 aromatic heterocycles. The van der Waals surface area contributed by atoms with Crippen LogP contribution in [0.15, 0.2) is 170 Å². The van der Waals surface area contributed by atoms with Crippen LogP contribution in [0.2, 0.25) is 0 Å². The fourth-order valence-corrected chi connectivity index (χ4v) is 8.78. The van der Waals surface area contributed by atoms with E-state index in [4.69, 9.17) is 23.7 Å². The molecular formula is C75H114O12. The summed E-state index contributed by atoms with van der Waals surface area (Å²) < 4.78 is 28.4.